The quantitative estimate of drug-likeness (QED) is 0.535. The van der Waals surface area contributed by atoms with Gasteiger partial charge in [-0.25, -0.2) is 9.97 Å². The first-order chi connectivity index (χ1) is 14.2. The molecule has 3 heterocycles. The Morgan fingerprint density at radius 2 is 2.10 bits per heavy atom. The summed E-state index contributed by atoms with van der Waals surface area (Å²) < 4.78 is 40.8. The monoisotopic (exact) mass is 501 g/mol. The molecule has 11 heteroatoms. The second-order valence-electron chi connectivity index (χ2n) is 7.01. The minimum Gasteiger partial charge on any atom is -0.392 e. The van der Waals surface area contributed by atoms with Crippen molar-refractivity contribution in [1.29, 1.82) is 0 Å². The van der Waals surface area contributed by atoms with Crippen molar-refractivity contribution < 1.29 is 18.3 Å². The normalized spacial score (nSPS) is 17.6. The number of alkyl halides is 3. The molecule has 0 unspecified atom stereocenters. The van der Waals surface area contributed by atoms with Gasteiger partial charge in [0.2, 0.25) is 5.82 Å². The second kappa shape index (κ2) is 8.26. The number of hydrogen-bond donors (Lipinski definition) is 2. The Morgan fingerprint density at radius 3 is 2.80 bits per heavy atom. The van der Waals surface area contributed by atoms with Crippen molar-refractivity contribution in [2.24, 2.45) is 0 Å². The number of anilines is 2. The first-order valence-corrected chi connectivity index (χ1v) is 10.2. The Bertz CT molecular complexity index is 1100. The number of rotatable bonds is 4. The summed E-state index contributed by atoms with van der Waals surface area (Å²) in [7, 11) is 0. The molecule has 0 amide bonds. The summed E-state index contributed by atoms with van der Waals surface area (Å²) in [4.78, 5) is 13.7. The molecule has 1 aromatic carbocycles. The minimum atomic E-state index is -4.72. The van der Waals surface area contributed by atoms with Gasteiger partial charge in [-0.2, -0.15) is 13.2 Å². The van der Waals surface area contributed by atoms with E-state index in [1.165, 1.54) is 0 Å². The van der Waals surface area contributed by atoms with Crippen LogP contribution >= 0.6 is 27.5 Å². The number of aliphatic hydroxyl groups is 1. The van der Waals surface area contributed by atoms with Gasteiger partial charge in [0.05, 0.1) is 22.3 Å². The van der Waals surface area contributed by atoms with E-state index in [4.69, 9.17) is 11.6 Å². The molecule has 1 saturated heterocycles. The number of aromatic nitrogens is 3. The molecule has 1 fully saturated rings. The standard InChI is InChI=1S/C19H16BrClF3N5O/c20-12-2-1-3-13(15(12)21)26-17-16-14(27-18(28-17)19(22,23)24)6-10(7-25-16)8-29-5-4-11(30)9-29/h1-3,6-7,11,30H,4-5,8-9H2,(H,26,27,28)/t11-/m1/s1. The highest BCUT2D eigenvalue weighted by molar-refractivity contribution is 9.10. The van der Waals surface area contributed by atoms with Gasteiger partial charge < -0.3 is 10.4 Å². The molecular weight excluding hydrogens is 487 g/mol. The predicted octanol–water partition coefficient (Wildman–Crippen LogP) is 4.77. The zero-order chi connectivity index (χ0) is 21.5. The van der Waals surface area contributed by atoms with Crippen molar-refractivity contribution in [2.45, 2.75) is 25.2 Å². The lowest BCUT2D eigenvalue weighted by atomic mass is 10.2. The topological polar surface area (TPSA) is 74.2 Å². The zero-order valence-electron chi connectivity index (χ0n) is 15.4. The summed E-state index contributed by atoms with van der Waals surface area (Å²) in [6.07, 6.45) is -2.86. The molecule has 158 valence electrons. The maximum atomic E-state index is 13.4. The summed E-state index contributed by atoms with van der Waals surface area (Å²) in [6.45, 7) is 1.69. The smallest absolute Gasteiger partial charge is 0.392 e. The van der Waals surface area contributed by atoms with Crippen LogP contribution in [0, 0.1) is 0 Å². The van der Waals surface area contributed by atoms with E-state index >= 15 is 0 Å². The highest BCUT2D eigenvalue weighted by Crippen LogP contribution is 2.35. The summed E-state index contributed by atoms with van der Waals surface area (Å²) in [5.41, 5.74) is 1.36. The number of β-amino-alcohol motifs (C(OH)–C–C–N with tert-alkyl or cyclic N) is 1. The Morgan fingerprint density at radius 1 is 1.30 bits per heavy atom. The Labute approximate surface area is 183 Å². The third-order valence-corrected chi connectivity index (χ3v) is 6.00. The van der Waals surface area contributed by atoms with Crippen LogP contribution in [0.2, 0.25) is 5.02 Å². The van der Waals surface area contributed by atoms with Gasteiger partial charge >= 0.3 is 6.18 Å². The first-order valence-electron chi connectivity index (χ1n) is 9.06. The lowest BCUT2D eigenvalue weighted by Crippen LogP contribution is -2.21. The van der Waals surface area contributed by atoms with Crippen LogP contribution in [-0.4, -0.2) is 44.2 Å². The van der Waals surface area contributed by atoms with E-state index in [-0.39, 0.29) is 23.0 Å². The van der Waals surface area contributed by atoms with Gasteiger partial charge in [-0.15, -0.1) is 0 Å². The molecule has 1 aliphatic heterocycles. The third kappa shape index (κ3) is 4.51. The number of aliphatic hydroxyl groups excluding tert-OH is 1. The van der Waals surface area contributed by atoms with E-state index in [1.807, 2.05) is 4.90 Å². The maximum Gasteiger partial charge on any atom is 0.451 e. The van der Waals surface area contributed by atoms with Crippen LogP contribution in [0.4, 0.5) is 24.7 Å². The van der Waals surface area contributed by atoms with Gasteiger partial charge in [0.15, 0.2) is 5.82 Å². The molecule has 3 aromatic rings. The van der Waals surface area contributed by atoms with Gasteiger partial charge in [0.25, 0.3) is 0 Å². The van der Waals surface area contributed by atoms with Gasteiger partial charge in [-0.05, 0) is 46.1 Å². The van der Waals surface area contributed by atoms with Gasteiger partial charge in [0.1, 0.15) is 5.52 Å². The molecule has 2 aromatic heterocycles. The second-order valence-corrected chi connectivity index (χ2v) is 8.24. The molecule has 0 saturated carbocycles. The van der Waals surface area contributed by atoms with Gasteiger partial charge in [-0.3, -0.25) is 9.88 Å². The number of halogens is 5. The molecule has 0 spiro atoms. The highest BCUT2D eigenvalue weighted by Gasteiger charge is 2.36. The lowest BCUT2D eigenvalue weighted by Gasteiger charge is -2.16. The summed E-state index contributed by atoms with van der Waals surface area (Å²) in [6, 6.07) is 6.61. The number of nitrogens with one attached hydrogen (secondary N) is 1. The molecule has 1 atom stereocenters. The molecule has 1 aliphatic rings. The molecule has 0 bridgehead atoms. The number of hydrogen-bond acceptors (Lipinski definition) is 6. The van der Waals surface area contributed by atoms with Crippen molar-refractivity contribution in [3.8, 4) is 0 Å². The highest BCUT2D eigenvalue weighted by atomic mass is 79.9. The van der Waals surface area contributed by atoms with E-state index in [0.717, 1.165) is 0 Å². The van der Waals surface area contributed by atoms with Gasteiger partial charge in [-0.1, -0.05) is 17.7 Å². The van der Waals surface area contributed by atoms with Crippen molar-refractivity contribution in [1.82, 2.24) is 19.9 Å². The van der Waals surface area contributed by atoms with E-state index in [2.05, 4.69) is 36.2 Å². The van der Waals surface area contributed by atoms with Crippen molar-refractivity contribution in [3.63, 3.8) is 0 Å². The minimum absolute atomic E-state index is 0.0724. The molecule has 30 heavy (non-hydrogen) atoms. The number of pyridine rings is 1. The van der Waals surface area contributed by atoms with Crippen LogP contribution < -0.4 is 5.32 Å². The van der Waals surface area contributed by atoms with Crippen LogP contribution in [0.25, 0.3) is 11.0 Å². The van der Waals surface area contributed by atoms with Crippen LogP contribution in [-0.2, 0) is 12.7 Å². The maximum absolute atomic E-state index is 13.4. The first kappa shape index (κ1) is 21.2. The molecule has 0 radical (unpaired) electrons. The molecule has 6 nitrogen and oxygen atoms in total. The van der Waals surface area contributed by atoms with Crippen LogP contribution in [0.1, 0.15) is 17.8 Å². The Balaban J connectivity index is 1.75. The predicted molar refractivity (Wildman–Crippen MR) is 111 cm³/mol. The van der Waals surface area contributed by atoms with Crippen LogP contribution in [0.3, 0.4) is 0 Å². The number of nitrogens with zero attached hydrogens (tertiary/aromatic N) is 4. The SMILES string of the molecule is O[C@@H]1CCN(Cc2cnc3c(Nc4cccc(Br)c4Cl)nc(C(F)(F)F)nc3c2)C1. The van der Waals surface area contributed by atoms with Crippen molar-refractivity contribution in [2.75, 3.05) is 18.4 Å². The van der Waals surface area contributed by atoms with E-state index in [0.29, 0.717) is 46.8 Å². The summed E-state index contributed by atoms with van der Waals surface area (Å²) in [5, 5.41) is 12.8. The molecular formula is C19H16BrClF3N5O. The molecule has 2 N–H and O–H groups in total. The molecule has 4 rings (SSSR count). The van der Waals surface area contributed by atoms with Crippen LogP contribution in [0.5, 0.6) is 0 Å². The zero-order valence-corrected chi connectivity index (χ0v) is 17.8. The largest absolute Gasteiger partial charge is 0.451 e. The van der Waals surface area contributed by atoms with E-state index < -0.39 is 12.0 Å². The fourth-order valence-corrected chi connectivity index (χ4v) is 3.84. The summed E-state index contributed by atoms with van der Waals surface area (Å²) >= 11 is 9.52. The average molecular weight is 503 g/mol. The fourth-order valence-electron chi connectivity index (χ4n) is 3.30. The number of benzene rings is 1. The third-order valence-electron chi connectivity index (χ3n) is 4.70. The molecule has 0 aliphatic carbocycles. The lowest BCUT2D eigenvalue weighted by molar-refractivity contribution is -0.144. The van der Waals surface area contributed by atoms with Gasteiger partial charge in [0, 0.05) is 30.3 Å². The van der Waals surface area contributed by atoms with E-state index in [1.54, 1.807) is 30.5 Å². The average Bonchev–Trinajstić information content (AvgIpc) is 3.09. The number of likely N-dealkylation sites (tertiary alicyclic amines) is 1. The van der Waals surface area contributed by atoms with Crippen molar-refractivity contribution >= 4 is 50.1 Å². The van der Waals surface area contributed by atoms with Crippen molar-refractivity contribution in [3.05, 3.63) is 51.3 Å². The van der Waals surface area contributed by atoms with E-state index in [9.17, 15) is 18.3 Å². The Kier molecular flexibility index (Phi) is 5.84. The Hall–Kier alpha value is -2.01. The van der Waals surface area contributed by atoms with Crippen LogP contribution in [0.15, 0.2) is 34.9 Å². The summed E-state index contributed by atoms with van der Waals surface area (Å²) in [5.74, 6) is -1.35. The number of fused-ring (bicyclic) bond motifs is 1. The fraction of sp³-hybridized carbons (Fsp3) is 0.316.